The highest BCUT2D eigenvalue weighted by Gasteiger charge is 2.54. The summed E-state index contributed by atoms with van der Waals surface area (Å²) in [4.78, 5) is -0.107. The molecule has 5 heteroatoms. The smallest absolute Gasteiger partial charge is 0.294 e. The molecule has 3 aliphatic rings. The molecule has 4 nitrogen and oxygen atoms in total. The number of hydrogen-bond donors (Lipinski definition) is 1. The van der Waals surface area contributed by atoms with Crippen molar-refractivity contribution in [3.63, 3.8) is 0 Å². The van der Waals surface area contributed by atoms with Gasteiger partial charge in [0.25, 0.3) is 10.1 Å². The van der Waals surface area contributed by atoms with Gasteiger partial charge < -0.3 is 4.74 Å². The van der Waals surface area contributed by atoms with Gasteiger partial charge in [-0.15, -0.1) is 6.58 Å². The first kappa shape index (κ1) is 23.6. The fraction of sp³-hybridized carbons (Fsp3) is 0.630. The van der Waals surface area contributed by atoms with Crippen LogP contribution < -0.4 is 4.74 Å². The fourth-order valence-electron chi connectivity index (χ4n) is 7.16. The lowest BCUT2D eigenvalue weighted by Gasteiger charge is -2.59. The molecule has 2 saturated carbocycles. The van der Waals surface area contributed by atoms with E-state index in [-0.39, 0.29) is 21.1 Å². The van der Waals surface area contributed by atoms with E-state index in [1.807, 2.05) is 0 Å². The van der Waals surface area contributed by atoms with Crippen molar-refractivity contribution in [3.05, 3.63) is 48.6 Å². The van der Waals surface area contributed by atoms with Crippen LogP contribution in [0.25, 0.3) is 0 Å². The maximum Gasteiger partial charge on any atom is 0.294 e. The molecule has 3 aliphatic carbocycles. The summed E-state index contributed by atoms with van der Waals surface area (Å²) in [6.07, 6.45) is 14.4. The highest BCUT2D eigenvalue weighted by atomic mass is 32.2. The summed E-state index contributed by atoms with van der Waals surface area (Å²) in [5.41, 5.74) is 2.50. The van der Waals surface area contributed by atoms with E-state index < -0.39 is 10.1 Å². The van der Waals surface area contributed by atoms with E-state index in [0.29, 0.717) is 24.2 Å². The lowest BCUT2D eigenvalue weighted by atomic mass is 9.45. The van der Waals surface area contributed by atoms with E-state index in [1.165, 1.54) is 50.7 Å². The van der Waals surface area contributed by atoms with Gasteiger partial charge >= 0.3 is 0 Å². The molecule has 0 amide bonds. The van der Waals surface area contributed by atoms with Crippen LogP contribution in [0.3, 0.4) is 0 Å². The average Bonchev–Trinajstić information content (AvgIpc) is 2.73. The molecule has 0 aromatic heterocycles. The molecule has 1 aromatic rings. The van der Waals surface area contributed by atoms with Gasteiger partial charge in [-0.25, -0.2) is 0 Å². The fourth-order valence-corrected chi connectivity index (χ4v) is 7.64. The van der Waals surface area contributed by atoms with Crippen molar-refractivity contribution in [2.75, 3.05) is 6.61 Å². The zero-order chi connectivity index (χ0) is 23.2. The molecule has 0 bridgehead atoms. The molecule has 0 spiro atoms. The van der Waals surface area contributed by atoms with E-state index in [9.17, 15) is 8.42 Å². The first-order valence-corrected chi connectivity index (χ1v) is 13.5. The second kappa shape index (κ2) is 8.32. The van der Waals surface area contributed by atoms with Crippen molar-refractivity contribution in [2.45, 2.75) is 77.0 Å². The summed E-state index contributed by atoms with van der Waals surface area (Å²) in [7, 11) is -4.17. The predicted molar refractivity (Wildman–Crippen MR) is 128 cm³/mol. The Kier molecular flexibility index (Phi) is 6.13. The van der Waals surface area contributed by atoms with Gasteiger partial charge in [0.1, 0.15) is 5.75 Å². The van der Waals surface area contributed by atoms with Crippen molar-refractivity contribution in [1.82, 2.24) is 0 Å². The predicted octanol–water partition coefficient (Wildman–Crippen LogP) is 6.84. The molecule has 32 heavy (non-hydrogen) atoms. The summed E-state index contributed by atoms with van der Waals surface area (Å²) in [6, 6.07) is 6.01. The Morgan fingerprint density at radius 2 is 1.88 bits per heavy atom. The quantitative estimate of drug-likeness (QED) is 0.374. The summed E-state index contributed by atoms with van der Waals surface area (Å²) in [6.45, 7) is 12.1. The van der Waals surface area contributed by atoms with Gasteiger partial charge in [0.05, 0.1) is 11.5 Å². The molecule has 4 rings (SSSR count). The average molecular weight is 459 g/mol. The summed E-state index contributed by atoms with van der Waals surface area (Å²) < 4.78 is 37.6. The van der Waals surface area contributed by atoms with Crippen LogP contribution in [0.15, 0.2) is 53.5 Å². The van der Waals surface area contributed by atoms with Gasteiger partial charge in [-0.1, -0.05) is 44.9 Å². The SMILES string of the molecule is C=C[C@]1(C)CC=C2C(CCC3[C@](C)(CCOc4ccc(S(=O)(=O)O)cc4)CCC[C@]23C)C1. The topological polar surface area (TPSA) is 63.6 Å². The Hall–Kier alpha value is -1.59. The molecular weight excluding hydrogens is 420 g/mol. The lowest BCUT2D eigenvalue weighted by molar-refractivity contribution is -0.0369. The Bertz CT molecular complexity index is 995. The lowest BCUT2D eigenvalue weighted by Crippen LogP contribution is -2.50. The molecule has 1 aromatic carbocycles. The molecule has 0 radical (unpaired) electrons. The van der Waals surface area contributed by atoms with Crippen LogP contribution in [0.2, 0.25) is 0 Å². The second-order valence-corrected chi connectivity index (χ2v) is 12.6. The monoisotopic (exact) mass is 458 g/mol. The van der Waals surface area contributed by atoms with E-state index in [2.05, 4.69) is 39.5 Å². The van der Waals surface area contributed by atoms with Gasteiger partial charge in [0.15, 0.2) is 0 Å². The molecule has 0 aliphatic heterocycles. The van der Waals surface area contributed by atoms with Crippen molar-refractivity contribution >= 4 is 10.1 Å². The van der Waals surface area contributed by atoms with Crippen LogP contribution in [0.1, 0.15) is 72.1 Å². The van der Waals surface area contributed by atoms with Crippen LogP contribution in [-0.4, -0.2) is 19.6 Å². The number of rotatable bonds is 6. The molecule has 0 heterocycles. The molecule has 2 unspecified atom stereocenters. The van der Waals surface area contributed by atoms with Crippen LogP contribution in [0.4, 0.5) is 0 Å². The van der Waals surface area contributed by atoms with E-state index in [0.717, 1.165) is 12.8 Å². The van der Waals surface area contributed by atoms with Crippen molar-refractivity contribution in [3.8, 4) is 5.75 Å². The van der Waals surface area contributed by atoms with Crippen LogP contribution >= 0.6 is 0 Å². The zero-order valence-corrected chi connectivity index (χ0v) is 20.6. The summed E-state index contributed by atoms with van der Waals surface area (Å²) in [5.74, 6) is 2.01. The minimum atomic E-state index is -4.17. The highest BCUT2D eigenvalue weighted by molar-refractivity contribution is 7.85. The maximum absolute atomic E-state index is 11.2. The number of hydrogen-bond acceptors (Lipinski definition) is 3. The highest BCUT2D eigenvalue weighted by Crippen LogP contribution is 2.64. The van der Waals surface area contributed by atoms with Crippen molar-refractivity contribution in [1.29, 1.82) is 0 Å². The van der Waals surface area contributed by atoms with Crippen LogP contribution in [-0.2, 0) is 10.1 Å². The standard InChI is InChI=1S/C27H38O4S/c1-5-25(2)16-13-23-20(19-25)7-12-24-26(3,14-6-15-27(23,24)4)17-18-31-21-8-10-22(11-9-21)32(28,29)30/h5,8-11,13,20,24H,1,6-7,12,14-19H2,2-4H3,(H,28,29,30)/t20?,24?,25-,26+,27-/m1/s1. The first-order chi connectivity index (χ1) is 15.0. The van der Waals surface area contributed by atoms with Crippen molar-refractivity contribution in [2.24, 2.45) is 28.1 Å². The molecular formula is C27H38O4S. The number of benzene rings is 1. The first-order valence-electron chi connectivity index (χ1n) is 12.0. The van der Waals surface area contributed by atoms with Crippen molar-refractivity contribution < 1.29 is 17.7 Å². The summed E-state index contributed by atoms with van der Waals surface area (Å²) >= 11 is 0. The van der Waals surface area contributed by atoms with Gasteiger partial charge in [0, 0.05) is 0 Å². The Morgan fingerprint density at radius 1 is 1.16 bits per heavy atom. The Morgan fingerprint density at radius 3 is 2.53 bits per heavy atom. The third-order valence-electron chi connectivity index (χ3n) is 9.01. The summed E-state index contributed by atoms with van der Waals surface area (Å²) in [5, 5.41) is 0. The maximum atomic E-state index is 11.2. The number of allylic oxidation sites excluding steroid dienone is 3. The Labute approximate surface area is 193 Å². The minimum absolute atomic E-state index is 0.107. The van der Waals surface area contributed by atoms with E-state index in [4.69, 9.17) is 9.29 Å². The Balaban J connectivity index is 1.46. The van der Waals surface area contributed by atoms with E-state index >= 15 is 0 Å². The zero-order valence-electron chi connectivity index (χ0n) is 19.8. The van der Waals surface area contributed by atoms with Crippen LogP contribution in [0.5, 0.6) is 5.75 Å². The molecule has 5 atom stereocenters. The largest absolute Gasteiger partial charge is 0.494 e. The van der Waals surface area contributed by atoms with Gasteiger partial charge in [0.2, 0.25) is 0 Å². The van der Waals surface area contributed by atoms with E-state index in [1.54, 1.807) is 17.7 Å². The molecule has 176 valence electrons. The molecule has 0 saturated heterocycles. The molecule has 2 fully saturated rings. The minimum Gasteiger partial charge on any atom is -0.494 e. The molecule has 1 N–H and O–H groups in total. The third-order valence-corrected chi connectivity index (χ3v) is 9.88. The second-order valence-electron chi connectivity index (χ2n) is 11.2. The van der Waals surface area contributed by atoms with Gasteiger partial charge in [-0.2, -0.15) is 8.42 Å². The number of ether oxygens (including phenoxy) is 1. The van der Waals surface area contributed by atoms with Gasteiger partial charge in [-0.05, 0) is 97.3 Å². The number of fused-ring (bicyclic) bond motifs is 3. The van der Waals surface area contributed by atoms with Crippen LogP contribution in [0, 0.1) is 28.1 Å². The third kappa shape index (κ3) is 4.31. The van der Waals surface area contributed by atoms with Gasteiger partial charge in [-0.3, -0.25) is 4.55 Å². The normalized spacial score (nSPS) is 37.1.